The molecular weight excluding hydrogens is 300 g/mol. The molecule has 3 aromatic rings. The molecule has 0 N–H and O–H groups in total. The van der Waals surface area contributed by atoms with Crippen molar-refractivity contribution in [1.82, 2.24) is 9.13 Å². The van der Waals surface area contributed by atoms with Crippen LogP contribution in [0, 0.1) is 0 Å². The van der Waals surface area contributed by atoms with Crippen molar-refractivity contribution in [2.75, 3.05) is 0 Å². The Hall–Kier alpha value is -2.33. The summed E-state index contributed by atoms with van der Waals surface area (Å²) in [5.41, 5.74) is 0.892. The molecule has 0 fully saturated rings. The van der Waals surface area contributed by atoms with E-state index in [2.05, 4.69) is 0 Å². The lowest BCUT2D eigenvalue weighted by Crippen LogP contribution is -2.41. The SMILES string of the molecule is CC(c1ccc(Cl)cc1)n1c(=O)c2ccccc2n(C)c1=O. The van der Waals surface area contributed by atoms with Gasteiger partial charge in [0.2, 0.25) is 0 Å². The van der Waals surface area contributed by atoms with E-state index in [1.807, 2.05) is 25.1 Å². The number of halogens is 1. The standard InChI is InChI=1S/C17H15ClN2O2/c1-11(12-7-9-13(18)10-8-12)20-16(21)14-5-3-4-6-15(14)19(2)17(20)22/h3-11H,1-2H3. The quantitative estimate of drug-likeness (QED) is 0.730. The number of fused-ring (bicyclic) bond motifs is 1. The van der Waals surface area contributed by atoms with Crippen LogP contribution in [0.2, 0.25) is 5.02 Å². The fraction of sp³-hybridized carbons (Fsp3) is 0.176. The van der Waals surface area contributed by atoms with Gasteiger partial charge in [0.15, 0.2) is 0 Å². The molecular formula is C17H15ClN2O2. The molecule has 0 bridgehead atoms. The molecule has 5 heteroatoms. The molecule has 0 spiro atoms. The lowest BCUT2D eigenvalue weighted by Gasteiger charge is -2.17. The zero-order valence-electron chi connectivity index (χ0n) is 12.3. The lowest BCUT2D eigenvalue weighted by molar-refractivity contribution is 0.561. The maximum atomic E-state index is 12.7. The molecule has 3 rings (SSSR count). The maximum absolute atomic E-state index is 12.7. The van der Waals surface area contributed by atoms with Crippen LogP contribution in [0.1, 0.15) is 18.5 Å². The van der Waals surface area contributed by atoms with Crippen LogP contribution in [0.15, 0.2) is 58.1 Å². The Labute approximate surface area is 132 Å². The summed E-state index contributed by atoms with van der Waals surface area (Å²) in [5.74, 6) is 0. The summed E-state index contributed by atoms with van der Waals surface area (Å²) in [6.07, 6.45) is 0. The molecule has 0 saturated carbocycles. The molecule has 4 nitrogen and oxygen atoms in total. The Bertz CT molecular complexity index is 955. The van der Waals surface area contributed by atoms with Crippen molar-refractivity contribution < 1.29 is 0 Å². The molecule has 1 atom stereocenters. The lowest BCUT2D eigenvalue weighted by atomic mass is 10.1. The van der Waals surface area contributed by atoms with Gasteiger partial charge in [0.25, 0.3) is 5.56 Å². The van der Waals surface area contributed by atoms with Crippen molar-refractivity contribution in [3.63, 3.8) is 0 Å². The summed E-state index contributed by atoms with van der Waals surface area (Å²) in [4.78, 5) is 25.3. The van der Waals surface area contributed by atoms with Crippen molar-refractivity contribution in [1.29, 1.82) is 0 Å². The van der Waals surface area contributed by atoms with Crippen LogP contribution in [0.5, 0.6) is 0 Å². The van der Waals surface area contributed by atoms with E-state index in [4.69, 9.17) is 11.6 Å². The predicted molar refractivity (Wildman–Crippen MR) is 88.7 cm³/mol. The normalized spacial score (nSPS) is 12.5. The van der Waals surface area contributed by atoms with Crippen LogP contribution >= 0.6 is 11.6 Å². The fourth-order valence-corrected chi connectivity index (χ4v) is 2.79. The third kappa shape index (κ3) is 2.25. The van der Waals surface area contributed by atoms with Crippen LogP contribution in [0.25, 0.3) is 10.9 Å². The van der Waals surface area contributed by atoms with Crippen molar-refractivity contribution in [3.05, 3.63) is 80.0 Å². The van der Waals surface area contributed by atoms with Crippen LogP contribution < -0.4 is 11.2 Å². The first-order valence-electron chi connectivity index (χ1n) is 6.96. The van der Waals surface area contributed by atoms with Gasteiger partial charge in [0.1, 0.15) is 0 Å². The van der Waals surface area contributed by atoms with E-state index in [1.54, 1.807) is 37.4 Å². The average Bonchev–Trinajstić information content (AvgIpc) is 2.53. The van der Waals surface area contributed by atoms with E-state index in [-0.39, 0.29) is 17.3 Å². The highest BCUT2D eigenvalue weighted by Crippen LogP contribution is 2.18. The van der Waals surface area contributed by atoms with E-state index < -0.39 is 0 Å². The van der Waals surface area contributed by atoms with Gasteiger partial charge >= 0.3 is 5.69 Å². The van der Waals surface area contributed by atoms with Crippen LogP contribution in [-0.2, 0) is 7.05 Å². The minimum atomic E-state index is -0.368. The number of aromatic nitrogens is 2. The van der Waals surface area contributed by atoms with E-state index in [0.29, 0.717) is 15.9 Å². The second-order valence-corrected chi connectivity index (χ2v) is 5.70. The Balaban J connectivity index is 2.29. The first-order chi connectivity index (χ1) is 10.5. The number of benzene rings is 2. The topological polar surface area (TPSA) is 44.0 Å². The number of hydrogen-bond donors (Lipinski definition) is 0. The van der Waals surface area contributed by atoms with Crippen LogP contribution in [-0.4, -0.2) is 9.13 Å². The zero-order valence-corrected chi connectivity index (χ0v) is 13.0. The second-order valence-electron chi connectivity index (χ2n) is 5.26. The molecule has 112 valence electrons. The van der Waals surface area contributed by atoms with Gasteiger partial charge < -0.3 is 0 Å². The third-order valence-corrected chi connectivity index (χ3v) is 4.20. The highest BCUT2D eigenvalue weighted by molar-refractivity contribution is 6.30. The van der Waals surface area contributed by atoms with Crippen LogP contribution in [0.3, 0.4) is 0 Å². The van der Waals surface area contributed by atoms with Gasteiger partial charge in [-0.25, -0.2) is 4.79 Å². The summed E-state index contributed by atoms with van der Waals surface area (Å²) in [5, 5.41) is 1.15. The third-order valence-electron chi connectivity index (χ3n) is 3.95. The number of aryl methyl sites for hydroxylation is 1. The molecule has 0 aliphatic rings. The van der Waals surface area contributed by atoms with Crippen LogP contribution in [0.4, 0.5) is 0 Å². The van der Waals surface area contributed by atoms with Gasteiger partial charge in [-0.05, 0) is 36.8 Å². The fourth-order valence-electron chi connectivity index (χ4n) is 2.66. The number of hydrogen-bond acceptors (Lipinski definition) is 2. The molecule has 1 heterocycles. The molecule has 0 aliphatic heterocycles. The molecule has 0 saturated heterocycles. The molecule has 0 aliphatic carbocycles. The minimum absolute atomic E-state index is 0.277. The first kappa shape index (κ1) is 14.6. The summed E-state index contributed by atoms with van der Waals surface area (Å²) >= 11 is 5.89. The van der Waals surface area contributed by atoms with Crippen molar-refractivity contribution in [2.24, 2.45) is 7.05 Å². The first-order valence-corrected chi connectivity index (χ1v) is 7.34. The predicted octanol–water partition coefficient (Wildman–Crippen LogP) is 2.96. The second kappa shape index (κ2) is 5.46. The highest BCUT2D eigenvalue weighted by Gasteiger charge is 2.16. The largest absolute Gasteiger partial charge is 0.331 e. The summed E-state index contributed by atoms with van der Waals surface area (Å²) in [6, 6.07) is 13.9. The molecule has 22 heavy (non-hydrogen) atoms. The van der Waals surface area contributed by atoms with Gasteiger partial charge in [0.05, 0.1) is 16.9 Å². The van der Waals surface area contributed by atoms with Gasteiger partial charge in [-0.15, -0.1) is 0 Å². The zero-order chi connectivity index (χ0) is 15.9. The highest BCUT2D eigenvalue weighted by atomic mass is 35.5. The Morgan fingerprint density at radius 1 is 1.00 bits per heavy atom. The number of para-hydroxylation sites is 1. The Kier molecular flexibility index (Phi) is 3.62. The van der Waals surface area contributed by atoms with E-state index in [0.717, 1.165) is 5.56 Å². The Morgan fingerprint density at radius 3 is 2.32 bits per heavy atom. The minimum Gasteiger partial charge on any atom is -0.296 e. The molecule has 0 radical (unpaired) electrons. The van der Waals surface area contributed by atoms with E-state index in [1.165, 1.54) is 9.13 Å². The molecule has 0 amide bonds. The maximum Gasteiger partial charge on any atom is 0.331 e. The van der Waals surface area contributed by atoms with Gasteiger partial charge in [0, 0.05) is 12.1 Å². The summed E-state index contributed by atoms with van der Waals surface area (Å²) < 4.78 is 2.79. The van der Waals surface area contributed by atoms with Crippen molar-refractivity contribution in [2.45, 2.75) is 13.0 Å². The van der Waals surface area contributed by atoms with Crippen molar-refractivity contribution in [3.8, 4) is 0 Å². The summed E-state index contributed by atoms with van der Waals surface area (Å²) in [7, 11) is 1.68. The Morgan fingerprint density at radius 2 is 1.64 bits per heavy atom. The molecule has 1 unspecified atom stereocenters. The molecule has 1 aromatic heterocycles. The monoisotopic (exact) mass is 314 g/mol. The smallest absolute Gasteiger partial charge is 0.296 e. The van der Waals surface area contributed by atoms with Crippen molar-refractivity contribution >= 4 is 22.5 Å². The van der Waals surface area contributed by atoms with Gasteiger partial charge in [-0.3, -0.25) is 13.9 Å². The number of nitrogens with zero attached hydrogens (tertiary/aromatic N) is 2. The average molecular weight is 315 g/mol. The van der Waals surface area contributed by atoms with E-state index >= 15 is 0 Å². The summed E-state index contributed by atoms with van der Waals surface area (Å²) in [6.45, 7) is 1.83. The van der Waals surface area contributed by atoms with Gasteiger partial charge in [-0.2, -0.15) is 0 Å². The van der Waals surface area contributed by atoms with Gasteiger partial charge in [-0.1, -0.05) is 35.9 Å². The van der Waals surface area contributed by atoms with E-state index in [9.17, 15) is 9.59 Å². The number of rotatable bonds is 2. The molecule has 2 aromatic carbocycles.